The van der Waals surface area contributed by atoms with Crippen molar-refractivity contribution in [1.29, 1.82) is 0 Å². The molecule has 0 atom stereocenters. The molecule has 0 unspecified atom stereocenters. The van der Waals surface area contributed by atoms with E-state index in [1.165, 1.54) is 19.3 Å². The van der Waals surface area contributed by atoms with Crippen LogP contribution in [0.4, 0.5) is 0 Å². The smallest absolute Gasteiger partial charge is 0.225 e. The first-order valence-electron chi connectivity index (χ1n) is 7.83. The van der Waals surface area contributed by atoms with Crippen LogP contribution >= 0.6 is 0 Å². The van der Waals surface area contributed by atoms with Crippen LogP contribution in [-0.2, 0) is 4.79 Å². The highest BCUT2D eigenvalue weighted by atomic mass is 16.2. The lowest BCUT2D eigenvalue weighted by Gasteiger charge is -2.26. The number of nitrogens with one attached hydrogen (secondary N) is 1. The standard InChI is InChI=1S/C17H35NO/c1-14(2)11-9-8-10-12-17(6,7)15(19)18-13-16(3,4)5/h14H,8-13H2,1-7H3,(H,18,19). The predicted molar refractivity (Wildman–Crippen MR) is 84.2 cm³/mol. The first kappa shape index (κ1) is 18.5. The van der Waals surface area contributed by atoms with Gasteiger partial charge in [0.1, 0.15) is 0 Å². The van der Waals surface area contributed by atoms with Crippen molar-refractivity contribution in [3.05, 3.63) is 0 Å². The zero-order chi connectivity index (χ0) is 15.1. The van der Waals surface area contributed by atoms with Gasteiger partial charge in [0.2, 0.25) is 5.91 Å². The van der Waals surface area contributed by atoms with E-state index in [-0.39, 0.29) is 16.7 Å². The maximum absolute atomic E-state index is 12.2. The Hall–Kier alpha value is -0.530. The molecule has 0 aliphatic heterocycles. The fourth-order valence-electron chi connectivity index (χ4n) is 1.99. The summed E-state index contributed by atoms with van der Waals surface area (Å²) in [5.74, 6) is 0.995. The SMILES string of the molecule is CC(C)CCCCCC(C)(C)C(=O)NCC(C)(C)C. The Bertz CT molecular complexity index is 261. The van der Waals surface area contributed by atoms with Crippen molar-refractivity contribution in [2.24, 2.45) is 16.7 Å². The molecule has 0 aromatic carbocycles. The first-order valence-corrected chi connectivity index (χ1v) is 7.83. The fourth-order valence-corrected chi connectivity index (χ4v) is 1.99. The second-order valence-corrected chi connectivity index (χ2v) is 8.12. The Morgan fingerprint density at radius 1 is 1.00 bits per heavy atom. The summed E-state index contributed by atoms with van der Waals surface area (Å²) in [6, 6.07) is 0. The second kappa shape index (κ2) is 7.91. The second-order valence-electron chi connectivity index (χ2n) is 8.12. The molecule has 0 aliphatic carbocycles. The van der Waals surface area contributed by atoms with Crippen molar-refractivity contribution in [1.82, 2.24) is 5.32 Å². The normalized spacial score (nSPS) is 12.8. The molecular formula is C17H35NO. The van der Waals surface area contributed by atoms with Gasteiger partial charge in [-0.2, -0.15) is 0 Å². The first-order chi connectivity index (χ1) is 8.54. The summed E-state index contributed by atoms with van der Waals surface area (Å²) in [6.45, 7) is 15.8. The maximum Gasteiger partial charge on any atom is 0.225 e. The number of carbonyl (C=O) groups excluding carboxylic acids is 1. The number of hydrogen-bond donors (Lipinski definition) is 1. The Balaban J connectivity index is 3.92. The zero-order valence-electron chi connectivity index (χ0n) is 14.2. The van der Waals surface area contributed by atoms with Crippen LogP contribution in [0.25, 0.3) is 0 Å². The Morgan fingerprint density at radius 3 is 2.05 bits per heavy atom. The third kappa shape index (κ3) is 9.98. The van der Waals surface area contributed by atoms with Gasteiger partial charge in [-0.3, -0.25) is 4.79 Å². The molecule has 0 aromatic heterocycles. The van der Waals surface area contributed by atoms with Crippen molar-refractivity contribution in [2.75, 3.05) is 6.54 Å². The molecule has 0 saturated carbocycles. The molecule has 0 aromatic rings. The molecule has 1 N–H and O–H groups in total. The van der Waals surface area contributed by atoms with Crippen molar-refractivity contribution < 1.29 is 4.79 Å². The van der Waals surface area contributed by atoms with Crippen LogP contribution in [0.3, 0.4) is 0 Å². The molecule has 2 heteroatoms. The summed E-state index contributed by atoms with van der Waals surface area (Å²) in [5.41, 5.74) is -0.0773. The van der Waals surface area contributed by atoms with Crippen LogP contribution in [-0.4, -0.2) is 12.5 Å². The molecule has 0 heterocycles. The van der Waals surface area contributed by atoms with Crippen molar-refractivity contribution in [3.8, 4) is 0 Å². The van der Waals surface area contributed by atoms with Crippen LogP contribution in [0.1, 0.15) is 80.6 Å². The van der Waals surface area contributed by atoms with Crippen LogP contribution in [0, 0.1) is 16.7 Å². The van der Waals surface area contributed by atoms with Gasteiger partial charge in [0.05, 0.1) is 0 Å². The van der Waals surface area contributed by atoms with Gasteiger partial charge in [-0.15, -0.1) is 0 Å². The molecule has 0 bridgehead atoms. The molecule has 0 saturated heterocycles. The summed E-state index contributed by atoms with van der Waals surface area (Å²) in [4.78, 5) is 12.2. The van der Waals surface area contributed by atoms with Crippen molar-refractivity contribution >= 4 is 5.91 Å². The van der Waals surface area contributed by atoms with Crippen LogP contribution < -0.4 is 5.32 Å². The largest absolute Gasteiger partial charge is 0.355 e. The predicted octanol–water partition coefficient (Wildman–Crippen LogP) is 4.78. The molecule has 0 rings (SSSR count). The number of amides is 1. The topological polar surface area (TPSA) is 29.1 Å². The van der Waals surface area contributed by atoms with E-state index in [0.717, 1.165) is 25.3 Å². The zero-order valence-corrected chi connectivity index (χ0v) is 14.2. The van der Waals surface area contributed by atoms with E-state index >= 15 is 0 Å². The van der Waals surface area contributed by atoms with Crippen LogP contribution in [0.2, 0.25) is 0 Å². The summed E-state index contributed by atoms with van der Waals surface area (Å²) in [7, 11) is 0. The summed E-state index contributed by atoms with van der Waals surface area (Å²) in [5, 5.41) is 3.08. The van der Waals surface area contributed by atoms with Gasteiger partial charge in [-0.05, 0) is 17.8 Å². The molecule has 0 radical (unpaired) electrons. The lowest BCUT2D eigenvalue weighted by molar-refractivity contribution is -0.130. The van der Waals surface area contributed by atoms with Gasteiger partial charge in [-0.25, -0.2) is 0 Å². The molecule has 114 valence electrons. The average Bonchev–Trinajstić information content (AvgIpc) is 2.23. The monoisotopic (exact) mass is 269 g/mol. The summed E-state index contributed by atoms with van der Waals surface area (Å²) >= 11 is 0. The minimum Gasteiger partial charge on any atom is -0.355 e. The lowest BCUT2D eigenvalue weighted by atomic mass is 9.85. The molecular weight excluding hydrogens is 234 g/mol. The molecule has 1 amide bonds. The molecule has 2 nitrogen and oxygen atoms in total. The van der Waals surface area contributed by atoms with Gasteiger partial charge in [0.25, 0.3) is 0 Å². The van der Waals surface area contributed by atoms with Crippen LogP contribution in [0.15, 0.2) is 0 Å². The number of rotatable bonds is 8. The number of hydrogen-bond acceptors (Lipinski definition) is 1. The third-order valence-corrected chi connectivity index (χ3v) is 3.48. The number of carbonyl (C=O) groups is 1. The average molecular weight is 269 g/mol. The summed E-state index contributed by atoms with van der Waals surface area (Å²) < 4.78 is 0. The Morgan fingerprint density at radius 2 is 1.58 bits per heavy atom. The Labute approximate surface area is 120 Å². The van der Waals surface area contributed by atoms with Gasteiger partial charge in [0.15, 0.2) is 0 Å². The van der Waals surface area contributed by atoms with E-state index in [1.54, 1.807) is 0 Å². The van der Waals surface area contributed by atoms with Crippen LogP contribution in [0.5, 0.6) is 0 Å². The lowest BCUT2D eigenvalue weighted by Crippen LogP contribution is -2.40. The molecule has 0 spiro atoms. The van der Waals surface area contributed by atoms with E-state index in [2.05, 4.69) is 53.8 Å². The Kier molecular flexibility index (Phi) is 7.69. The maximum atomic E-state index is 12.2. The third-order valence-electron chi connectivity index (χ3n) is 3.48. The van der Waals surface area contributed by atoms with Crippen molar-refractivity contribution in [3.63, 3.8) is 0 Å². The van der Waals surface area contributed by atoms with E-state index in [0.29, 0.717) is 0 Å². The molecule has 0 fully saturated rings. The minimum atomic E-state index is -0.233. The highest BCUT2D eigenvalue weighted by molar-refractivity contribution is 5.81. The van der Waals surface area contributed by atoms with Gasteiger partial charge in [-0.1, -0.05) is 74.1 Å². The van der Waals surface area contributed by atoms with E-state index in [4.69, 9.17) is 0 Å². The van der Waals surface area contributed by atoms with Gasteiger partial charge < -0.3 is 5.32 Å². The van der Waals surface area contributed by atoms with Gasteiger partial charge >= 0.3 is 0 Å². The molecule has 19 heavy (non-hydrogen) atoms. The minimum absolute atomic E-state index is 0.156. The number of unbranched alkanes of at least 4 members (excludes halogenated alkanes) is 2. The quantitative estimate of drug-likeness (QED) is 0.631. The van der Waals surface area contributed by atoms with E-state index in [9.17, 15) is 4.79 Å². The highest BCUT2D eigenvalue weighted by Gasteiger charge is 2.27. The van der Waals surface area contributed by atoms with E-state index < -0.39 is 0 Å². The highest BCUT2D eigenvalue weighted by Crippen LogP contribution is 2.25. The molecule has 0 aliphatic rings. The fraction of sp³-hybridized carbons (Fsp3) is 0.941. The van der Waals surface area contributed by atoms with Crippen molar-refractivity contribution in [2.45, 2.75) is 80.6 Å². The van der Waals surface area contributed by atoms with Gasteiger partial charge in [0, 0.05) is 12.0 Å². The summed E-state index contributed by atoms with van der Waals surface area (Å²) in [6.07, 6.45) is 5.98. The van der Waals surface area contributed by atoms with E-state index in [1.807, 2.05) is 0 Å².